The maximum atomic E-state index is 13.3. The van der Waals surface area contributed by atoms with Gasteiger partial charge in [-0.2, -0.15) is 5.10 Å². The van der Waals surface area contributed by atoms with Crippen molar-refractivity contribution in [2.45, 2.75) is 57.4 Å². The Morgan fingerprint density at radius 3 is 2.86 bits per heavy atom. The first-order valence-electron chi connectivity index (χ1n) is 10.5. The van der Waals surface area contributed by atoms with Crippen LogP contribution in [-0.4, -0.2) is 69.2 Å². The summed E-state index contributed by atoms with van der Waals surface area (Å²) < 4.78 is 2.28. The van der Waals surface area contributed by atoms with Gasteiger partial charge in [0.2, 0.25) is 0 Å². The Labute approximate surface area is 167 Å². The molecular weight excluding hydrogens is 352 g/mol. The van der Waals surface area contributed by atoms with Crippen LogP contribution in [0.15, 0.2) is 12.4 Å². The molecule has 0 bridgehead atoms. The standard InChI is InChI=1S/C21H32N6O/c1-15-18(19(24-23-15)16-7-8-16)21(28)27-11-4-6-17(14-27)20-22-9-13-26(20)12-5-10-25(2)3/h9,13,16-17H,4-8,10-12,14H2,1-3H3,(H,23,24). The number of amides is 1. The zero-order valence-corrected chi connectivity index (χ0v) is 17.3. The highest BCUT2D eigenvalue weighted by molar-refractivity contribution is 5.96. The molecule has 7 nitrogen and oxygen atoms in total. The summed E-state index contributed by atoms with van der Waals surface area (Å²) in [5.74, 6) is 2.05. The van der Waals surface area contributed by atoms with Crippen LogP contribution in [0, 0.1) is 6.92 Å². The zero-order valence-electron chi connectivity index (χ0n) is 17.3. The molecule has 1 saturated heterocycles. The van der Waals surface area contributed by atoms with E-state index in [4.69, 9.17) is 0 Å². The Morgan fingerprint density at radius 2 is 2.11 bits per heavy atom. The van der Waals surface area contributed by atoms with E-state index in [9.17, 15) is 4.79 Å². The van der Waals surface area contributed by atoms with Crippen molar-refractivity contribution in [1.82, 2.24) is 29.5 Å². The lowest BCUT2D eigenvalue weighted by Gasteiger charge is -2.33. The number of H-pyrrole nitrogens is 1. The SMILES string of the molecule is Cc1[nH]nc(C2CC2)c1C(=O)N1CCCC(c2nccn2CCCN(C)C)C1. The monoisotopic (exact) mass is 384 g/mol. The highest BCUT2D eigenvalue weighted by atomic mass is 16.2. The average molecular weight is 385 g/mol. The molecule has 28 heavy (non-hydrogen) atoms. The molecule has 0 spiro atoms. The molecule has 0 aromatic carbocycles. The molecule has 4 rings (SSSR count). The molecule has 1 atom stereocenters. The van der Waals surface area contributed by atoms with Crippen molar-refractivity contribution < 1.29 is 4.79 Å². The first kappa shape index (κ1) is 19.2. The third kappa shape index (κ3) is 3.99. The molecule has 2 aromatic heterocycles. The predicted molar refractivity (Wildman–Crippen MR) is 109 cm³/mol. The highest BCUT2D eigenvalue weighted by Gasteiger charge is 2.35. The van der Waals surface area contributed by atoms with Gasteiger partial charge in [-0.1, -0.05) is 0 Å². The smallest absolute Gasteiger partial charge is 0.257 e. The van der Waals surface area contributed by atoms with E-state index < -0.39 is 0 Å². The number of imidazole rings is 1. The van der Waals surface area contributed by atoms with Crippen LogP contribution in [0.5, 0.6) is 0 Å². The van der Waals surface area contributed by atoms with Crippen molar-refractivity contribution in [2.75, 3.05) is 33.7 Å². The normalized spacial score (nSPS) is 20.1. The van der Waals surface area contributed by atoms with E-state index in [1.54, 1.807) is 0 Å². The lowest BCUT2D eigenvalue weighted by atomic mass is 9.96. The van der Waals surface area contributed by atoms with Crippen molar-refractivity contribution in [3.63, 3.8) is 0 Å². The molecule has 2 fully saturated rings. The average Bonchev–Trinajstić information content (AvgIpc) is 3.29. The lowest BCUT2D eigenvalue weighted by Crippen LogP contribution is -2.40. The third-order valence-corrected chi connectivity index (χ3v) is 5.98. The van der Waals surface area contributed by atoms with Gasteiger partial charge in [0.05, 0.1) is 11.3 Å². The van der Waals surface area contributed by atoms with Gasteiger partial charge in [0.15, 0.2) is 0 Å². The number of hydrogen-bond acceptors (Lipinski definition) is 4. The number of hydrogen-bond donors (Lipinski definition) is 1. The number of piperidine rings is 1. The Bertz CT molecular complexity index is 819. The molecule has 1 amide bonds. The molecule has 1 aliphatic carbocycles. The van der Waals surface area contributed by atoms with E-state index in [0.29, 0.717) is 11.8 Å². The van der Waals surface area contributed by atoms with Crippen molar-refractivity contribution in [2.24, 2.45) is 0 Å². The summed E-state index contributed by atoms with van der Waals surface area (Å²) in [6.07, 6.45) is 9.50. The number of nitrogens with zero attached hydrogens (tertiary/aromatic N) is 5. The van der Waals surface area contributed by atoms with Crippen LogP contribution < -0.4 is 0 Å². The summed E-state index contributed by atoms with van der Waals surface area (Å²) in [7, 11) is 4.21. The number of aromatic nitrogens is 4. The van der Waals surface area contributed by atoms with Gasteiger partial charge in [0, 0.05) is 49.6 Å². The topological polar surface area (TPSA) is 70.0 Å². The van der Waals surface area contributed by atoms with E-state index in [1.807, 2.05) is 18.0 Å². The Morgan fingerprint density at radius 1 is 1.29 bits per heavy atom. The maximum Gasteiger partial charge on any atom is 0.257 e. The summed E-state index contributed by atoms with van der Waals surface area (Å²) >= 11 is 0. The number of aromatic amines is 1. The van der Waals surface area contributed by atoms with Crippen LogP contribution in [0.2, 0.25) is 0 Å². The quantitative estimate of drug-likeness (QED) is 0.797. The molecule has 152 valence electrons. The van der Waals surface area contributed by atoms with Gasteiger partial charge in [0.25, 0.3) is 5.91 Å². The van der Waals surface area contributed by atoms with E-state index in [1.165, 1.54) is 0 Å². The van der Waals surface area contributed by atoms with Gasteiger partial charge in [-0.3, -0.25) is 9.89 Å². The van der Waals surface area contributed by atoms with E-state index in [0.717, 1.165) is 81.1 Å². The van der Waals surface area contributed by atoms with Crippen LogP contribution in [-0.2, 0) is 6.54 Å². The summed E-state index contributed by atoms with van der Waals surface area (Å²) in [6.45, 7) is 5.58. The molecule has 3 heterocycles. The van der Waals surface area contributed by atoms with E-state index in [-0.39, 0.29) is 5.91 Å². The molecule has 1 unspecified atom stereocenters. The largest absolute Gasteiger partial charge is 0.338 e. The van der Waals surface area contributed by atoms with Crippen LogP contribution in [0.1, 0.15) is 71.5 Å². The van der Waals surface area contributed by atoms with Crippen molar-refractivity contribution in [3.05, 3.63) is 35.2 Å². The first-order chi connectivity index (χ1) is 13.5. The second-order valence-electron chi connectivity index (χ2n) is 8.61. The van der Waals surface area contributed by atoms with Gasteiger partial charge in [-0.15, -0.1) is 0 Å². The number of likely N-dealkylation sites (tertiary alicyclic amines) is 1. The third-order valence-electron chi connectivity index (χ3n) is 5.98. The van der Waals surface area contributed by atoms with Gasteiger partial charge < -0.3 is 14.4 Å². The summed E-state index contributed by atoms with van der Waals surface area (Å²) in [5, 5.41) is 7.47. The molecule has 1 N–H and O–H groups in total. The van der Waals surface area contributed by atoms with E-state index >= 15 is 0 Å². The number of rotatable bonds is 7. The minimum Gasteiger partial charge on any atom is -0.338 e. The van der Waals surface area contributed by atoms with Crippen molar-refractivity contribution in [1.29, 1.82) is 0 Å². The fraction of sp³-hybridized carbons (Fsp3) is 0.667. The minimum atomic E-state index is 0.142. The van der Waals surface area contributed by atoms with Gasteiger partial charge >= 0.3 is 0 Å². The van der Waals surface area contributed by atoms with Crippen LogP contribution in [0.3, 0.4) is 0 Å². The summed E-state index contributed by atoms with van der Waals surface area (Å²) in [5.41, 5.74) is 2.70. The molecule has 0 radical (unpaired) electrons. The maximum absolute atomic E-state index is 13.3. The Hall–Kier alpha value is -2.15. The molecule has 1 saturated carbocycles. The predicted octanol–water partition coefficient (Wildman–Crippen LogP) is 2.76. The lowest BCUT2D eigenvalue weighted by molar-refractivity contribution is 0.0701. The zero-order chi connectivity index (χ0) is 19.7. The molecule has 2 aromatic rings. The summed E-state index contributed by atoms with van der Waals surface area (Å²) in [4.78, 5) is 22.2. The molecule has 1 aliphatic heterocycles. The fourth-order valence-electron chi connectivity index (χ4n) is 4.33. The minimum absolute atomic E-state index is 0.142. The number of nitrogens with one attached hydrogen (secondary N) is 1. The molecule has 7 heteroatoms. The van der Waals surface area contributed by atoms with Crippen LogP contribution >= 0.6 is 0 Å². The fourth-order valence-corrected chi connectivity index (χ4v) is 4.33. The number of aryl methyl sites for hydroxylation is 2. The summed E-state index contributed by atoms with van der Waals surface area (Å²) in [6, 6.07) is 0. The number of carbonyl (C=O) groups excluding carboxylic acids is 1. The van der Waals surface area contributed by atoms with Crippen molar-refractivity contribution in [3.8, 4) is 0 Å². The second-order valence-corrected chi connectivity index (χ2v) is 8.61. The number of carbonyl (C=O) groups is 1. The van der Waals surface area contributed by atoms with E-state index in [2.05, 4.69) is 44.9 Å². The van der Waals surface area contributed by atoms with Crippen LogP contribution in [0.25, 0.3) is 0 Å². The molecule has 2 aliphatic rings. The molecular formula is C21H32N6O. The first-order valence-corrected chi connectivity index (χ1v) is 10.5. The van der Waals surface area contributed by atoms with Crippen molar-refractivity contribution >= 4 is 5.91 Å². The van der Waals surface area contributed by atoms with Crippen LogP contribution in [0.4, 0.5) is 0 Å². The Kier molecular flexibility index (Phi) is 5.53. The Balaban J connectivity index is 1.46. The van der Waals surface area contributed by atoms with Gasteiger partial charge in [-0.05, 0) is 59.7 Å². The second kappa shape index (κ2) is 8.07. The van der Waals surface area contributed by atoms with Gasteiger partial charge in [0.1, 0.15) is 5.82 Å². The van der Waals surface area contributed by atoms with Gasteiger partial charge in [-0.25, -0.2) is 4.98 Å². The highest BCUT2D eigenvalue weighted by Crippen LogP contribution is 2.41.